The number of nitrogens with zero attached hydrogens (tertiary/aromatic N) is 1. The number of piperazine rings is 1. The first-order valence-corrected chi connectivity index (χ1v) is 8.59. The topological polar surface area (TPSA) is 58.6 Å². The zero-order valence-electron chi connectivity index (χ0n) is 11.8. The lowest BCUT2D eigenvalue weighted by molar-refractivity contribution is 0.186. The van der Waals surface area contributed by atoms with Crippen molar-refractivity contribution >= 4 is 26.0 Å². The minimum atomic E-state index is -3.51. The fourth-order valence-corrected chi connectivity index (χ4v) is 4.85. The minimum absolute atomic E-state index is 0.278. The summed E-state index contributed by atoms with van der Waals surface area (Å²) >= 11 is 3.33. The van der Waals surface area contributed by atoms with E-state index in [1.807, 2.05) is 13.8 Å². The van der Waals surface area contributed by atoms with Gasteiger partial charge in [0.1, 0.15) is 5.75 Å². The van der Waals surface area contributed by atoms with Crippen molar-refractivity contribution in [3.8, 4) is 5.75 Å². The van der Waals surface area contributed by atoms with Gasteiger partial charge in [0.2, 0.25) is 10.0 Å². The summed E-state index contributed by atoms with van der Waals surface area (Å²) in [5.74, 6) is 0.614. The van der Waals surface area contributed by atoms with Gasteiger partial charge in [-0.15, -0.1) is 0 Å². The Balaban J connectivity index is 2.42. The van der Waals surface area contributed by atoms with Gasteiger partial charge in [-0.25, -0.2) is 8.42 Å². The number of methoxy groups -OCH3 is 1. The van der Waals surface area contributed by atoms with Gasteiger partial charge in [0, 0.05) is 25.2 Å². The van der Waals surface area contributed by atoms with Crippen LogP contribution in [-0.4, -0.2) is 45.0 Å². The lowest BCUT2D eigenvalue weighted by Gasteiger charge is -2.41. The van der Waals surface area contributed by atoms with Gasteiger partial charge in [0.15, 0.2) is 0 Å². The van der Waals surface area contributed by atoms with Gasteiger partial charge in [-0.3, -0.25) is 0 Å². The van der Waals surface area contributed by atoms with Crippen LogP contribution in [0.4, 0.5) is 0 Å². The molecule has 0 bridgehead atoms. The van der Waals surface area contributed by atoms with E-state index in [2.05, 4.69) is 21.2 Å². The molecule has 0 amide bonds. The highest BCUT2D eigenvalue weighted by molar-refractivity contribution is 9.10. The third-order valence-electron chi connectivity index (χ3n) is 3.44. The molecule has 1 aromatic rings. The van der Waals surface area contributed by atoms with Crippen LogP contribution >= 0.6 is 15.9 Å². The molecular weight excluding hydrogens is 344 g/mol. The molecule has 5 nitrogen and oxygen atoms in total. The maximum atomic E-state index is 12.8. The van der Waals surface area contributed by atoms with Crippen molar-refractivity contribution < 1.29 is 13.2 Å². The zero-order chi connectivity index (χ0) is 15.0. The van der Waals surface area contributed by atoms with E-state index in [1.165, 1.54) is 0 Å². The fraction of sp³-hybridized carbons (Fsp3) is 0.538. The highest BCUT2D eigenvalue weighted by Gasteiger charge is 2.39. The van der Waals surface area contributed by atoms with Gasteiger partial charge in [0.05, 0.1) is 16.5 Å². The molecule has 1 aromatic carbocycles. The normalized spacial score (nSPS) is 19.8. The molecule has 2 rings (SSSR count). The number of rotatable bonds is 3. The van der Waals surface area contributed by atoms with E-state index in [1.54, 1.807) is 29.6 Å². The quantitative estimate of drug-likeness (QED) is 0.890. The molecule has 0 aliphatic carbocycles. The molecule has 1 N–H and O–H groups in total. The van der Waals surface area contributed by atoms with Crippen molar-refractivity contribution in [1.29, 1.82) is 0 Å². The van der Waals surface area contributed by atoms with Crippen molar-refractivity contribution in [1.82, 2.24) is 9.62 Å². The van der Waals surface area contributed by atoms with Crippen LogP contribution in [0.5, 0.6) is 5.75 Å². The standard InChI is InChI=1S/C13H19BrN2O3S/c1-13(2)9-15-6-7-16(13)20(17,18)10-4-5-12(19-3)11(14)8-10/h4-5,8,15H,6-7,9H2,1-3H3. The number of halogens is 1. The number of sulfonamides is 1. The van der Waals surface area contributed by atoms with E-state index >= 15 is 0 Å². The predicted molar refractivity (Wildman–Crippen MR) is 81.5 cm³/mol. The lowest BCUT2D eigenvalue weighted by atomic mass is 10.0. The molecule has 1 saturated heterocycles. The Labute approximate surface area is 128 Å². The van der Waals surface area contributed by atoms with Gasteiger partial charge in [-0.05, 0) is 48.0 Å². The van der Waals surface area contributed by atoms with Crippen LogP contribution in [0.3, 0.4) is 0 Å². The number of benzene rings is 1. The third kappa shape index (κ3) is 2.86. The highest BCUT2D eigenvalue weighted by atomic mass is 79.9. The summed E-state index contributed by atoms with van der Waals surface area (Å²) in [4.78, 5) is 0.278. The molecule has 0 spiro atoms. The molecule has 0 radical (unpaired) electrons. The van der Waals surface area contributed by atoms with Crippen molar-refractivity contribution in [2.24, 2.45) is 0 Å². The third-order valence-corrected chi connectivity index (χ3v) is 6.16. The number of hydrogen-bond acceptors (Lipinski definition) is 4. The first kappa shape index (κ1) is 15.8. The zero-order valence-corrected chi connectivity index (χ0v) is 14.2. The molecule has 112 valence electrons. The maximum Gasteiger partial charge on any atom is 0.243 e. The second-order valence-electron chi connectivity index (χ2n) is 5.36. The SMILES string of the molecule is COc1ccc(S(=O)(=O)N2CCNCC2(C)C)cc1Br. The van der Waals surface area contributed by atoms with E-state index in [0.29, 0.717) is 29.9 Å². The molecule has 0 atom stereocenters. The Morgan fingerprint density at radius 2 is 2.10 bits per heavy atom. The van der Waals surface area contributed by atoms with Gasteiger partial charge < -0.3 is 10.1 Å². The average Bonchev–Trinajstić information content (AvgIpc) is 2.37. The summed E-state index contributed by atoms with van der Waals surface area (Å²) in [6, 6.07) is 4.83. The van der Waals surface area contributed by atoms with Crippen LogP contribution in [0.15, 0.2) is 27.6 Å². The molecule has 1 fully saturated rings. The van der Waals surface area contributed by atoms with Gasteiger partial charge in [-0.2, -0.15) is 4.31 Å². The molecule has 0 unspecified atom stereocenters. The van der Waals surface area contributed by atoms with E-state index in [9.17, 15) is 8.42 Å². The van der Waals surface area contributed by atoms with Crippen molar-refractivity contribution in [3.05, 3.63) is 22.7 Å². The van der Waals surface area contributed by atoms with E-state index < -0.39 is 15.6 Å². The first-order chi connectivity index (χ1) is 9.29. The fourth-order valence-electron chi connectivity index (χ4n) is 2.35. The predicted octanol–water partition coefficient (Wildman–Crippen LogP) is 1.83. The summed E-state index contributed by atoms with van der Waals surface area (Å²) < 4.78 is 32.9. The second kappa shape index (κ2) is 5.63. The first-order valence-electron chi connectivity index (χ1n) is 6.36. The van der Waals surface area contributed by atoms with Crippen LogP contribution < -0.4 is 10.1 Å². The molecular formula is C13H19BrN2O3S. The summed E-state index contributed by atoms with van der Waals surface area (Å²) in [7, 11) is -1.96. The summed E-state index contributed by atoms with van der Waals surface area (Å²) in [5.41, 5.74) is -0.441. The van der Waals surface area contributed by atoms with Gasteiger partial charge in [-0.1, -0.05) is 0 Å². The largest absolute Gasteiger partial charge is 0.496 e. The Bertz CT molecular complexity index is 602. The van der Waals surface area contributed by atoms with Crippen LogP contribution in [0.2, 0.25) is 0 Å². The Morgan fingerprint density at radius 3 is 2.65 bits per heavy atom. The molecule has 0 saturated carbocycles. The smallest absolute Gasteiger partial charge is 0.243 e. The van der Waals surface area contributed by atoms with E-state index in [4.69, 9.17) is 4.74 Å². The molecule has 20 heavy (non-hydrogen) atoms. The van der Waals surface area contributed by atoms with Crippen LogP contribution in [0, 0.1) is 0 Å². The highest BCUT2D eigenvalue weighted by Crippen LogP contribution is 2.31. The van der Waals surface area contributed by atoms with E-state index in [0.717, 1.165) is 0 Å². The monoisotopic (exact) mass is 362 g/mol. The van der Waals surface area contributed by atoms with Crippen molar-refractivity contribution in [2.45, 2.75) is 24.3 Å². The van der Waals surface area contributed by atoms with Gasteiger partial charge >= 0.3 is 0 Å². The minimum Gasteiger partial charge on any atom is -0.496 e. The summed E-state index contributed by atoms with van der Waals surface area (Å²) in [6.07, 6.45) is 0. The van der Waals surface area contributed by atoms with E-state index in [-0.39, 0.29) is 4.90 Å². The van der Waals surface area contributed by atoms with Crippen LogP contribution in [0.25, 0.3) is 0 Å². The maximum absolute atomic E-state index is 12.8. The number of hydrogen-bond donors (Lipinski definition) is 1. The molecule has 1 heterocycles. The van der Waals surface area contributed by atoms with Crippen molar-refractivity contribution in [2.75, 3.05) is 26.7 Å². The van der Waals surface area contributed by atoms with Crippen molar-refractivity contribution in [3.63, 3.8) is 0 Å². The van der Waals surface area contributed by atoms with Crippen LogP contribution in [-0.2, 0) is 10.0 Å². The average molecular weight is 363 g/mol. The second-order valence-corrected chi connectivity index (χ2v) is 8.08. The number of ether oxygens (including phenoxy) is 1. The molecule has 0 aromatic heterocycles. The Hall–Kier alpha value is -0.630. The Morgan fingerprint density at radius 1 is 1.40 bits per heavy atom. The molecule has 1 aliphatic heterocycles. The van der Waals surface area contributed by atoms with Gasteiger partial charge in [0.25, 0.3) is 0 Å². The molecule has 7 heteroatoms. The lowest BCUT2D eigenvalue weighted by Crippen LogP contribution is -2.59. The van der Waals surface area contributed by atoms with Crippen LogP contribution in [0.1, 0.15) is 13.8 Å². The Kier molecular flexibility index (Phi) is 4.44. The summed E-state index contributed by atoms with van der Waals surface area (Å²) in [5, 5.41) is 3.22. The molecule has 1 aliphatic rings. The summed E-state index contributed by atoms with van der Waals surface area (Å²) in [6.45, 7) is 5.63. The number of nitrogens with one attached hydrogen (secondary N) is 1.